The molecule has 1 aromatic carbocycles. The van der Waals surface area contributed by atoms with Crippen molar-refractivity contribution in [3.63, 3.8) is 0 Å². The topological polar surface area (TPSA) is 60.9 Å². The number of rotatable bonds is 5. The van der Waals surface area contributed by atoms with Crippen molar-refractivity contribution in [2.75, 3.05) is 32.9 Å². The molecule has 1 spiro atoms. The van der Waals surface area contributed by atoms with E-state index in [4.69, 9.17) is 9.47 Å². The van der Waals surface area contributed by atoms with Crippen LogP contribution < -0.4 is 9.47 Å². The number of alkyl halides is 3. The highest BCUT2D eigenvalue weighted by Gasteiger charge is 2.49. The SMILES string of the molecule is O=C(c1cccc(OC(F)(F)F)c1)N1CC(COc2ccncc2)C2(CCOCC2)C1. The average Bonchev–Trinajstić information content (AvgIpc) is 3.09. The number of hydrogen-bond donors (Lipinski definition) is 0. The Morgan fingerprint density at radius 3 is 2.61 bits per heavy atom. The fourth-order valence-electron chi connectivity index (χ4n) is 4.40. The molecule has 1 aromatic heterocycles. The fraction of sp³-hybridized carbons (Fsp3) is 0.455. The van der Waals surface area contributed by atoms with Gasteiger partial charge in [0.25, 0.3) is 5.91 Å². The fourth-order valence-corrected chi connectivity index (χ4v) is 4.40. The Bertz CT molecular complexity index is 901. The van der Waals surface area contributed by atoms with Crippen molar-refractivity contribution < 1.29 is 32.2 Å². The van der Waals surface area contributed by atoms with Gasteiger partial charge in [0.2, 0.25) is 0 Å². The Balaban J connectivity index is 1.50. The maximum atomic E-state index is 13.1. The van der Waals surface area contributed by atoms with E-state index in [1.807, 2.05) is 0 Å². The highest BCUT2D eigenvalue weighted by molar-refractivity contribution is 5.94. The van der Waals surface area contributed by atoms with Crippen molar-refractivity contribution in [1.82, 2.24) is 9.88 Å². The number of carbonyl (C=O) groups is 1. The summed E-state index contributed by atoms with van der Waals surface area (Å²) < 4.78 is 53.1. The number of amides is 1. The van der Waals surface area contributed by atoms with E-state index in [-0.39, 0.29) is 22.8 Å². The lowest BCUT2D eigenvalue weighted by atomic mass is 9.72. The first-order chi connectivity index (χ1) is 14.8. The number of ether oxygens (including phenoxy) is 3. The lowest BCUT2D eigenvalue weighted by molar-refractivity contribution is -0.274. The van der Waals surface area contributed by atoms with Gasteiger partial charge in [-0.05, 0) is 43.2 Å². The Labute approximate surface area is 177 Å². The number of pyridine rings is 1. The molecule has 2 aliphatic rings. The zero-order valence-corrected chi connectivity index (χ0v) is 16.8. The molecule has 2 aromatic rings. The van der Waals surface area contributed by atoms with E-state index in [2.05, 4.69) is 9.72 Å². The zero-order valence-electron chi connectivity index (χ0n) is 16.8. The van der Waals surface area contributed by atoms with Crippen molar-refractivity contribution in [2.45, 2.75) is 19.2 Å². The standard InChI is InChI=1S/C22H23F3N2O4/c23-22(24,25)31-19-3-1-2-16(12-19)20(28)27-13-17(14-30-18-4-8-26-9-5-18)21(15-27)6-10-29-11-7-21/h1-5,8-9,12,17H,6-7,10-11,13-15H2. The number of carbonyl (C=O) groups excluding carboxylic acids is 1. The Kier molecular flexibility index (Phi) is 6.04. The Morgan fingerprint density at radius 2 is 1.90 bits per heavy atom. The summed E-state index contributed by atoms with van der Waals surface area (Å²) in [7, 11) is 0. The molecular formula is C22H23F3N2O4. The summed E-state index contributed by atoms with van der Waals surface area (Å²) in [6.07, 6.45) is 0.105. The van der Waals surface area contributed by atoms with Crippen LogP contribution in [-0.4, -0.2) is 55.1 Å². The van der Waals surface area contributed by atoms with E-state index >= 15 is 0 Å². The van der Waals surface area contributed by atoms with E-state index in [1.165, 1.54) is 18.2 Å². The molecule has 0 bridgehead atoms. The largest absolute Gasteiger partial charge is 0.573 e. The average molecular weight is 436 g/mol. The molecule has 2 aliphatic heterocycles. The van der Waals surface area contributed by atoms with Gasteiger partial charge in [-0.3, -0.25) is 9.78 Å². The highest BCUT2D eigenvalue weighted by Crippen LogP contribution is 2.45. The molecule has 3 heterocycles. The third kappa shape index (κ3) is 5.10. The predicted octanol–water partition coefficient (Wildman–Crippen LogP) is 3.93. The first-order valence-corrected chi connectivity index (χ1v) is 10.1. The summed E-state index contributed by atoms with van der Waals surface area (Å²) >= 11 is 0. The second kappa shape index (κ2) is 8.74. The first-order valence-electron chi connectivity index (χ1n) is 10.1. The number of likely N-dealkylation sites (tertiary alicyclic amines) is 1. The summed E-state index contributed by atoms with van der Waals surface area (Å²) in [6.45, 7) is 2.65. The molecule has 4 rings (SSSR count). The minimum Gasteiger partial charge on any atom is -0.493 e. The van der Waals surface area contributed by atoms with Gasteiger partial charge in [0, 0.05) is 55.6 Å². The van der Waals surface area contributed by atoms with Crippen molar-refractivity contribution in [2.24, 2.45) is 11.3 Å². The summed E-state index contributed by atoms with van der Waals surface area (Å²) in [6, 6.07) is 8.76. The Hall–Kier alpha value is -2.81. The van der Waals surface area contributed by atoms with Gasteiger partial charge >= 0.3 is 6.36 Å². The van der Waals surface area contributed by atoms with Gasteiger partial charge in [-0.15, -0.1) is 13.2 Å². The number of halogens is 3. The molecule has 9 heteroatoms. The smallest absolute Gasteiger partial charge is 0.493 e. The minimum atomic E-state index is -4.81. The monoisotopic (exact) mass is 436 g/mol. The van der Waals surface area contributed by atoms with Gasteiger partial charge in [0.15, 0.2) is 0 Å². The molecular weight excluding hydrogens is 413 g/mol. The third-order valence-electron chi connectivity index (χ3n) is 6.00. The number of aromatic nitrogens is 1. The molecule has 0 saturated carbocycles. The van der Waals surface area contributed by atoms with Crippen LogP contribution in [0.3, 0.4) is 0 Å². The molecule has 31 heavy (non-hydrogen) atoms. The van der Waals surface area contributed by atoms with Crippen LogP contribution in [0.25, 0.3) is 0 Å². The summed E-state index contributed by atoms with van der Waals surface area (Å²) in [5, 5.41) is 0. The van der Waals surface area contributed by atoms with Crippen LogP contribution in [0.1, 0.15) is 23.2 Å². The van der Waals surface area contributed by atoms with Gasteiger partial charge in [0.05, 0.1) is 6.61 Å². The predicted molar refractivity (Wildman–Crippen MR) is 105 cm³/mol. The zero-order chi connectivity index (χ0) is 21.9. The minimum absolute atomic E-state index is 0.0862. The highest BCUT2D eigenvalue weighted by atomic mass is 19.4. The molecule has 0 radical (unpaired) electrons. The molecule has 1 unspecified atom stereocenters. The summed E-state index contributed by atoms with van der Waals surface area (Å²) in [5.41, 5.74) is 0.0285. The second-order valence-corrected chi connectivity index (χ2v) is 7.93. The number of nitrogens with zero attached hydrogens (tertiary/aromatic N) is 2. The molecule has 6 nitrogen and oxygen atoms in total. The van der Waals surface area contributed by atoms with E-state index in [0.717, 1.165) is 18.9 Å². The van der Waals surface area contributed by atoms with E-state index in [1.54, 1.807) is 29.4 Å². The molecule has 2 saturated heterocycles. The van der Waals surface area contributed by atoms with Gasteiger partial charge in [0.1, 0.15) is 11.5 Å². The molecule has 2 fully saturated rings. The van der Waals surface area contributed by atoms with Crippen molar-refractivity contribution >= 4 is 5.91 Å². The lowest BCUT2D eigenvalue weighted by Gasteiger charge is -2.37. The Morgan fingerprint density at radius 1 is 1.16 bits per heavy atom. The summed E-state index contributed by atoms with van der Waals surface area (Å²) in [5.74, 6) is 0.0721. The first kappa shape index (κ1) is 21.4. The van der Waals surface area contributed by atoms with Crippen LogP contribution in [0.5, 0.6) is 11.5 Å². The quantitative estimate of drug-likeness (QED) is 0.711. The van der Waals surface area contributed by atoms with Crippen LogP contribution >= 0.6 is 0 Å². The maximum absolute atomic E-state index is 13.1. The molecule has 1 amide bonds. The van der Waals surface area contributed by atoms with Crippen molar-refractivity contribution in [3.8, 4) is 11.5 Å². The van der Waals surface area contributed by atoms with Gasteiger partial charge in [-0.25, -0.2) is 0 Å². The van der Waals surface area contributed by atoms with Crippen LogP contribution in [-0.2, 0) is 4.74 Å². The van der Waals surface area contributed by atoms with Crippen molar-refractivity contribution in [1.29, 1.82) is 0 Å². The third-order valence-corrected chi connectivity index (χ3v) is 6.00. The van der Waals surface area contributed by atoms with Crippen LogP contribution in [0.2, 0.25) is 0 Å². The van der Waals surface area contributed by atoms with E-state index in [9.17, 15) is 18.0 Å². The van der Waals surface area contributed by atoms with E-state index < -0.39 is 12.1 Å². The molecule has 166 valence electrons. The number of hydrogen-bond acceptors (Lipinski definition) is 5. The van der Waals surface area contributed by atoms with Crippen LogP contribution in [0, 0.1) is 11.3 Å². The van der Waals surface area contributed by atoms with Gasteiger partial charge in [-0.1, -0.05) is 6.07 Å². The second-order valence-electron chi connectivity index (χ2n) is 7.93. The number of benzene rings is 1. The van der Waals surface area contributed by atoms with E-state index in [0.29, 0.717) is 38.7 Å². The van der Waals surface area contributed by atoms with Gasteiger partial charge in [-0.2, -0.15) is 0 Å². The summed E-state index contributed by atoms with van der Waals surface area (Å²) in [4.78, 5) is 18.8. The molecule has 1 atom stereocenters. The maximum Gasteiger partial charge on any atom is 0.573 e. The normalized spacial score (nSPS) is 20.6. The molecule has 0 N–H and O–H groups in total. The lowest BCUT2D eigenvalue weighted by Crippen LogP contribution is -2.39. The van der Waals surface area contributed by atoms with Gasteiger partial charge < -0.3 is 19.1 Å². The molecule has 0 aliphatic carbocycles. The van der Waals surface area contributed by atoms with Crippen molar-refractivity contribution in [3.05, 3.63) is 54.4 Å². The van der Waals surface area contributed by atoms with Crippen LogP contribution in [0.15, 0.2) is 48.8 Å². The van der Waals surface area contributed by atoms with Crippen LogP contribution in [0.4, 0.5) is 13.2 Å².